The van der Waals surface area contributed by atoms with Crippen LogP contribution in [0.25, 0.3) is 21.0 Å². The quantitative estimate of drug-likeness (QED) is 0.488. The van der Waals surface area contributed by atoms with Gasteiger partial charge in [0.2, 0.25) is 0 Å². The van der Waals surface area contributed by atoms with Crippen LogP contribution in [0.2, 0.25) is 0 Å². The second-order valence-corrected chi connectivity index (χ2v) is 7.80. The summed E-state index contributed by atoms with van der Waals surface area (Å²) in [7, 11) is 0. The van der Waals surface area contributed by atoms with Crippen molar-refractivity contribution in [3.8, 4) is 5.75 Å². The van der Waals surface area contributed by atoms with Gasteiger partial charge < -0.3 is 10.1 Å². The van der Waals surface area contributed by atoms with Gasteiger partial charge in [-0.2, -0.15) is 0 Å². The number of hydrogen-bond acceptors (Lipinski definition) is 4. The number of hydrogen-bond donors (Lipinski definition) is 1. The number of rotatable bonds is 6. The first-order chi connectivity index (χ1) is 14.1. The van der Waals surface area contributed by atoms with E-state index in [1.54, 1.807) is 4.57 Å². The van der Waals surface area contributed by atoms with Gasteiger partial charge >= 0.3 is 4.87 Å². The van der Waals surface area contributed by atoms with E-state index < -0.39 is 6.10 Å². The van der Waals surface area contributed by atoms with Crippen molar-refractivity contribution in [2.24, 2.45) is 0 Å². The van der Waals surface area contributed by atoms with Crippen LogP contribution >= 0.6 is 11.3 Å². The Morgan fingerprint density at radius 2 is 1.86 bits per heavy atom. The third-order valence-electron chi connectivity index (χ3n) is 4.91. The van der Waals surface area contributed by atoms with Crippen LogP contribution in [0, 0.1) is 0 Å². The minimum absolute atomic E-state index is 0.0112. The molecular weight excluding hydrogens is 384 g/mol. The highest BCUT2D eigenvalue weighted by Crippen LogP contribution is 2.24. The molecule has 0 aliphatic heterocycles. The molecule has 4 rings (SSSR count). The first kappa shape index (κ1) is 19.2. The largest absolute Gasteiger partial charge is 0.481 e. The molecule has 0 bridgehead atoms. The molecule has 0 saturated carbocycles. The molecule has 148 valence electrons. The van der Waals surface area contributed by atoms with E-state index in [9.17, 15) is 9.59 Å². The number of aromatic nitrogens is 1. The second kappa shape index (κ2) is 8.09. The molecule has 0 fully saturated rings. The number of benzene rings is 3. The molecule has 1 aromatic heterocycles. The molecule has 0 spiro atoms. The van der Waals surface area contributed by atoms with Crippen LogP contribution in [0.1, 0.15) is 20.3 Å². The van der Waals surface area contributed by atoms with Gasteiger partial charge in [0.05, 0.1) is 10.2 Å². The van der Waals surface area contributed by atoms with Crippen LogP contribution in [0.4, 0.5) is 5.69 Å². The lowest BCUT2D eigenvalue weighted by atomic mass is 10.1. The summed E-state index contributed by atoms with van der Waals surface area (Å²) in [5.74, 6) is 0.460. The van der Waals surface area contributed by atoms with E-state index >= 15 is 0 Å². The van der Waals surface area contributed by atoms with E-state index in [0.717, 1.165) is 21.0 Å². The van der Waals surface area contributed by atoms with E-state index in [0.29, 0.717) is 24.4 Å². The van der Waals surface area contributed by atoms with Crippen molar-refractivity contribution in [2.45, 2.75) is 32.9 Å². The fraction of sp³-hybridized carbons (Fsp3) is 0.217. The SMILES string of the molecule is CC[C@H](Oc1ccc2ccccc2c1)C(=O)Nc1ccc2c(c1)sc(=O)n2CC. The summed E-state index contributed by atoms with van der Waals surface area (Å²) in [4.78, 5) is 24.8. The lowest BCUT2D eigenvalue weighted by Gasteiger charge is -2.18. The molecule has 0 saturated heterocycles. The predicted molar refractivity (Wildman–Crippen MR) is 119 cm³/mol. The van der Waals surface area contributed by atoms with Crippen molar-refractivity contribution in [1.82, 2.24) is 4.57 Å². The summed E-state index contributed by atoms with van der Waals surface area (Å²) in [6, 6.07) is 19.4. The monoisotopic (exact) mass is 406 g/mol. The summed E-state index contributed by atoms with van der Waals surface area (Å²) in [6.07, 6.45) is -0.0636. The number of fused-ring (bicyclic) bond motifs is 2. The van der Waals surface area contributed by atoms with Gasteiger partial charge in [-0.1, -0.05) is 48.6 Å². The van der Waals surface area contributed by atoms with E-state index in [2.05, 4.69) is 5.32 Å². The van der Waals surface area contributed by atoms with Crippen LogP contribution < -0.4 is 14.9 Å². The number of nitrogens with one attached hydrogen (secondary N) is 1. The Morgan fingerprint density at radius 3 is 2.62 bits per heavy atom. The zero-order chi connectivity index (χ0) is 20.4. The van der Waals surface area contributed by atoms with Crippen LogP contribution in [0.3, 0.4) is 0 Å². The first-order valence-corrected chi connectivity index (χ1v) is 10.5. The Labute approximate surface area is 172 Å². The first-order valence-electron chi connectivity index (χ1n) is 9.68. The average Bonchev–Trinajstić information content (AvgIpc) is 3.05. The number of amides is 1. The maximum atomic E-state index is 12.8. The third-order valence-corrected chi connectivity index (χ3v) is 5.86. The van der Waals surface area contributed by atoms with Crippen molar-refractivity contribution < 1.29 is 9.53 Å². The van der Waals surface area contributed by atoms with Crippen LogP contribution in [-0.2, 0) is 11.3 Å². The molecule has 4 aromatic rings. The number of carbonyl (C=O) groups excluding carboxylic acids is 1. The number of ether oxygens (including phenoxy) is 1. The van der Waals surface area contributed by atoms with Gasteiger partial charge in [0.25, 0.3) is 5.91 Å². The molecule has 1 N–H and O–H groups in total. The zero-order valence-electron chi connectivity index (χ0n) is 16.3. The van der Waals surface area contributed by atoms with Gasteiger partial charge in [-0.15, -0.1) is 0 Å². The fourth-order valence-corrected chi connectivity index (χ4v) is 4.39. The number of aryl methyl sites for hydroxylation is 1. The molecule has 6 heteroatoms. The molecule has 1 amide bonds. The smallest absolute Gasteiger partial charge is 0.308 e. The highest BCUT2D eigenvalue weighted by molar-refractivity contribution is 7.16. The normalized spacial score (nSPS) is 12.2. The number of nitrogens with zero attached hydrogens (tertiary/aromatic N) is 1. The van der Waals surface area contributed by atoms with E-state index in [-0.39, 0.29) is 10.8 Å². The number of thiazole rings is 1. The van der Waals surface area contributed by atoms with E-state index in [1.807, 2.05) is 74.5 Å². The Morgan fingerprint density at radius 1 is 1.07 bits per heavy atom. The van der Waals surface area contributed by atoms with Crippen molar-refractivity contribution in [2.75, 3.05) is 5.32 Å². The van der Waals surface area contributed by atoms with Gasteiger partial charge in [0, 0.05) is 12.2 Å². The molecule has 1 heterocycles. The molecule has 0 unspecified atom stereocenters. The predicted octanol–water partition coefficient (Wildman–Crippen LogP) is 5.03. The minimum Gasteiger partial charge on any atom is -0.481 e. The average molecular weight is 407 g/mol. The summed E-state index contributed by atoms with van der Waals surface area (Å²) >= 11 is 1.19. The van der Waals surface area contributed by atoms with Crippen molar-refractivity contribution in [1.29, 1.82) is 0 Å². The molecule has 0 radical (unpaired) electrons. The Balaban J connectivity index is 1.52. The molecule has 29 heavy (non-hydrogen) atoms. The van der Waals surface area contributed by atoms with Crippen molar-refractivity contribution in [3.63, 3.8) is 0 Å². The molecule has 5 nitrogen and oxygen atoms in total. The van der Waals surface area contributed by atoms with Gasteiger partial charge in [-0.25, -0.2) is 0 Å². The molecular formula is C23H22N2O3S. The highest BCUT2D eigenvalue weighted by atomic mass is 32.1. The van der Waals surface area contributed by atoms with Gasteiger partial charge in [0.1, 0.15) is 5.75 Å². The van der Waals surface area contributed by atoms with Gasteiger partial charge in [-0.3, -0.25) is 14.2 Å². The maximum Gasteiger partial charge on any atom is 0.308 e. The van der Waals surface area contributed by atoms with Crippen LogP contribution in [0.15, 0.2) is 65.5 Å². The second-order valence-electron chi connectivity index (χ2n) is 6.81. The van der Waals surface area contributed by atoms with Crippen molar-refractivity contribution >= 4 is 43.9 Å². The standard InChI is InChI=1S/C23H22N2O3S/c1-3-20(28-18-11-9-15-7-5-6-8-16(15)13-18)22(26)24-17-10-12-19-21(14-17)29-23(27)25(19)4-2/h5-14,20H,3-4H2,1-2H3,(H,24,26)/t20-/m0/s1. The summed E-state index contributed by atoms with van der Waals surface area (Å²) in [5.41, 5.74) is 1.55. The zero-order valence-corrected chi connectivity index (χ0v) is 17.2. The lowest BCUT2D eigenvalue weighted by Crippen LogP contribution is -2.32. The highest BCUT2D eigenvalue weighted by Gasteiger charge is 2.19. The number of anilines is 1. The van der Waals surface area contributed by atoms with E-state index in [1.165, 1.54) is 11.3 Å². The van der Waals surface area contributed by atoms with Gasteiger partial charge in [0.15, 0.2) is 6.10 Å². The Kier molecular flexibility index (Phi) is 5.36. The Bertz CT molecular complexity index is 1240. The maximum absolute atomic E-state index is 12.8. The topological polar surface area (TPSA) is 60.3 Å². The lowest BCUT2D eigenvalue weighted by molar-refractivity contribution is -0.122. The summed E-state index contributed by atoms with van der Waals surface area (Å²) in [5, 5.41) is 5.12. The van der Waals surface area contributed by atoms with Crippen LogP contribution in [0.5, 0.6) is 5.75 Å². The Hall–Kier alpha value is -3.12. The molecule has 0 aliphatic carbocycles. The number of carbonyl (C=O) groups is 1. The summed E-state index contributed by atoms with van der Waals surface area (Å²) in [6.45, 7) is 4.49. The van der Waals surface area contributed by atoms with E-state index in [4.69, 9.17) is 4.74 Å². The molecule has 0 aliphatic rings. The third kappa shape index (κ3) is 3.89. The fourth-order valence-electron chi connectivity index (χ4n) is 3.39. The van der Waals surface area contributed by atoms with Gasteiger partial charge in [-0.05, 0) is 54.4 Å². The molecule has 3 aromatic carbocycles. The van der Waals surface area contributed by atoms with Crippen LogP contribution in [-0.4, -0.2) is 16.6 Å². The van der Waals surface area contributed by atoms with Crippen molar-refractivity contribution in [3.05, 3.63) is 70.3 Å². The molecule has 1 atom stereocenters. The minimum atomic E-state index is -0.606. The summed E-state index contributed by atoms with van der Waals surface area (Å²) < 4.78 is 8.56.